The summed E-state index contributed by atoms with van der Waals surface area (Å²) in [5.74, 6) is -1.08. The zero-order chi connectivity index (χ0) is 20.1. The highest BCUT2D eigenvalue weighted by molar-refractivity contribution is 5.98. The van der Waals surface area contributed by atoms with Crippen molar-refractivity contribution in [2.24, 2.45) is 0 Å². The number of carbonyl (C=O) groups is 3. The number of nitrogens with one attached hydrogen (secondary N) is 1. The highest BCUT2D eigenvalue weighted by Crippen LogP contribution is 2.14. The topological polar surface area (TPSA) is 79.0 Å². The summed E-state index contributed by atoms with van der Waals surface area (Å²) < 4.78 is 17.6. The zero-order valence-corrected chi connectivity index (χ0v) is 15.4. The van der Waals surface area contributed by atoms with Gasteiger partial charge < -0.3 is 19.9 Å². The van der Waals surface area contributed by atoms with E-state index in [1.54, 1.807) is 28.0 Å². The fourth-order valence-electron chi connectivity index (χ4n) is 2.93. The first-order valence-electron chi connectivity index (χ1n) is 8.77. The molecule has 3 rings (SSSR count). The molecule has 1 fully saturated rings. The lowest BCUT2D eigenvalue weighted by atomic mass is 10.1. The molecule has 1 heterocycles. The maximum absolute atomic E-state index is 12.9. The summed E-state index contributed by atoms with van der Waals surface area (Å²) in [5.41, 5.74) is 1.21. The quantitative estimate of drug-likeness (QED) is 0.824. The largest absolute Gasteiger partial charge is 0.465 e. The number of urea groups is 1. The third kappa shape index (κ3) is 4.46. The molecule has 0 radical (unpaired) electrons. The van der Waals surface area contributed by atoms with Crippen molar-refractivity contribution in [2.75, 3.05) is 38.6 Å². The predicted octanol–water partition coefficient (Wildman–Crippen LogP) is 2.60. The molecule has 0 aromatic heterocycles. The van der Waals surface area contributed by atoms with Gasteiger partial charge in [0, 0.05) is 37.4 Å². The van der Waals surface area contributed by atoms with Gasteiger partial charge in [-0.3, -0.25) is 4.79 Å². The molecule has 1 N–H and O–H groups in total. The number of anilines is 1. The molecule has 0 atom stereocenters. The van der Waals surface area contributed by atoms with Crippen LogP contribution < -0.4 is 5.32 Å². The van der Waals surface area contributed by atoms with Crippen LogP contribution in [0.3, 0.4) is 0 Å². The molecule has 0 aliphatic carbocycles. The number of hydrogen-bond donors (Lipinski definition) is 1. The fraction of sp³-hybridized carbons (Fsp3) is 0.250. The smallest absolute Gasteiger partial charge is 0.337 e. The summed E-state index contributed by atoms with van der Waals surface area (Å²) in [4.78, 5) is 39.9. The predicted molar refractivity (Wildman–Crippen MR) is 101 cm³/mol. The number of esters is 1. The Kier molecular flexibility index (Phi) is 5.88. The van der Waals surface area contributed by atoms with Crippen LogP contribution in [0, 0.1) is 5.82 Å². The SMILES string of the molecule is COC(=O)c1cccc(C(=O)N2CCN(C(=O)Nc3ccc(F)cc3)CC2)c1. The van der Waals surface area contributed by atoms with Crippen molar-refractivity contribution in [3.8, 4) is 0 Å². The summed E-state index contributed by atoms with van der Waals surface area (Å²) in [7, 11) is 1.28. The Balaban J connectivity index is 1.57. The molecule has 28 heavy (non-hydrogen) atoms. The molecule has 2 aromatic carbocycles. The Morgan fingerprint density at radius 1 is 0.929 bits per heavy atom. The van der Waals surface area contributed by atoms with Gasteiger partial charge in [0.15, 0.2) is 0 Å². The van der Waals surface area contributed by atoms with Gasteiger partial charge in [-0.05, 0) is 42.5 Å². The third-order valence-corrected chi connectivity index (χ3v) is 4.48. The molecule has 1 aliphatic heterocycles. The molecule has 0 unspecified atom stereocenters. The summed E-state index contributed by atoms with van der Waals surface area (Å²) in [5, 5.41) is 2.71. The number of benzene rings is 2. The highest BCUT2D eigenvalue weighted by atomic mass is 19.1. The number of amides is 3. The van der Waals surface area contributed by atoms with Gasteiger partial charge >= 0.3 is 12.0 Å². The van der Waals surface area contributed by atoms with E-state index in [0.29, 0.717) is 43.0 Å². The van der Waals surface area contributed by atoms with Crippen LogP contribution in [-0.4, -0.2) is 61.0 Å². The number of nitrogens with zero attached hydrogens (tertiary/aromatic N) is 2. The van der Waals surface area contributed by atoms with Crippen LogP contribution in [0.25, 0.3) is 0 Å². The van der Waals surface area contributed by atoms with E-state index in [0.717, 1.165) is 0 Å². The van der Waals surface area contributed by atoms with Crippen LogP contribution in [0.4, 0.5) is 14.9 Å². The average Bonchev–Trinajstić information content (AvgIpc) is 2.74. The van der Waals surface area contributed by atoms with E-state index in [9.17, 15) is 18.8 Å². The third-order valence-electron chi connectivity index (χ3n) is 4.48. The van der Waals surface area contributed by atoms with Crippen molar-refractivity contribution in [3.63, 3.8) is 0 Å². The lowest BCUT2D eigenvalue weighted by molar-refractivity contribution is 0.0600. The van der Waals surface area contributed by atoms with E-state index < -0.39 is 5.97 Å². The van der Waals surface area contributed by atoms with Crippen LogP contribution in [0.5, 0.6) is 0 Å². The van der Waals surface area contributed by atoms with E-state index in [-0.39, 0.29) is 17.8 Å². The first-order chi connectivity index (χ1) is 13.5. The van der Waals surface area contributed by atoms with Gasteiger partial charge in [-0.2, -0.15) is 0 Å². The van der Waals surface area contributed by atoms with E-state index in [1.165, 1.54) is 37.4 Å². The van der Waals surface area contributed by atoms with Crippen molar-refractivity contribution in [1.82, 2.24) is 9.80 Å². The second-order valence-corrected chi connectivity index (χ2v) is 6.29. The average molecular weight is 385 g/mol. The molecule has 7 nitrogen and oxygen atoms in total. The minimum absolute atomic E-state index is 0.204. The molecular weight excluding hydrogens is 365 g/mol. The van der Waals surface area contributed by atoms with Gasteiger partial charge in [0.05, 0.1) is 12.7 Å². The highest BCUT2D eigenvalue weighted by Gasteiger charge is 2.25. The Bertz CT molecular complexity index is 877. The van der Waals surface area contributed by atoms with Gasteiger partial charge in [0.2, 0.25) is 0 Å². The van der Waals surface area contributed by atoms with Crippen LogP contribution in [0.2, 0.25) is 0 Å². The first kappa shape index (κ1) is 19.3. The molecule has 0 bridgehead atoms. The van der Waals surface area contributed by atoms with Gasteiger partial charge in [-0.25, -0.2) is 14.0 Å². The monoisotopic (exact) mass is 385 g/mol. The standard InChI is InChI=1S/C20H20FN3O4/c1-28-19(26)15-4-2-3-14(13-15)18(25)23-9-11-24(12-10-23)20(27)22-17-7-5-16(21)6-8-17/h2-8,13H,9-12H2,1H3,(H,22,27). The summed E-state index contributed by atoms with van der Waals surface area (Å²) in [6.07, 6.45) is 0. The molecular formula is C20H20FN3O4. The zero-order valence-electron chi connectivity index (χ0n) is 15.4. The van der Waals surface area contributed by atoms with Gasteiger partial charge in [-0.15, -0.1) is 0 Å². The van der Waals surface area contributed by atoms with Crippen LogP contribution in [0.15, 0.2) is 48.5 Å². The molecule has 2 aromatic rings. The normalized spacial score (nSPS) is 13.8. The molecule has 146 valence electrons. The molecule has 1 aliphatic rings. The number of ether oxygens (including phenoxy) is 1. The Morgan fingerprint density at radius 2 is 1.54 bits per heavy atom. The van der Waals surface area contributed by atoms with E-state index in [1.807, 2.05) is 0 Å². The molecule has 1 saturated heterocycles. The second kappa shape index (κ2) is 8.51. The van der Waals surface area contributed by atoms with E-state index >= 15 is 0 Å². The van der Waals surface area contributed by atoms with Gasteiger partial charge in [-0.1, -0.05) is 6.07 Å². The summed E-state index contributed by atoms with van der Waals surface area (Å²) >= 11 is 0. The molecule has 3 amide bonds. The van der Waals surface area contributed by atoms with Gasteiger partial charge in [0.1, 0.15) is 5.82 Å². The number of carbonyl (C=O) groups excluding carboxylic acids is 3. The van der Waals surface area contributed by atoms with Crippen molar-refractivity contribution in [1.29, 1.82) is 0 Å². The minimum atomic E-state index is -0.503. The number of hydrogen-bond acceptors (Lipinski definition) is 4. The lowest BCUT2D eigenvalue weighted by Gasteiger charge is -2.34. The molecule has 0 spiro atoms. The Hall–Kier alpha value is -3.42. The fourth-order valence-corrected chi connectivity index (χ4v) is 2.93. The van der Waals surface area contributed by atoms with Crippen molar-refractivity contribution in [2.45, 2.75) is 0 Å². The van der Waals surface area contributed by atoms with Crippen LogP contribution >= 0.6 is 0 Å². The maximum Gasteiger partial charge on any atom is 0.337 e. The minimum Gasteiger partial charge on any atom is -0.465 e. The van der Waals surface area contributed by atoms with E-state index in [2.05, 4.69) is 10.1 Å². The molecule has 8 heteroatoms. The van der Waals surface area contributed by atoms with Crippen molar-refractivity contribution in [3.05, 3.63) is 65.5 Å². The Morgan fingerprint density at radius 3 is 2.18 bits per heavy atom. The van der Waals surface area contributed by atoms with Gasteiger partial charge in [0.25, 0.3) is 5.91 Å². The molecule has 0 saturated carbocycles. The van der Waals surface area contributed by atoms with Crippen LogP contribution in [-0.2, 0) is 4.74 Å². The number of piperazine rings is 1. The second-order valence-electron chi connectivity index (χ2n) is 6.29. The first-order valence-corrected chi connectivity index (χ1v) is 8.77. The van der Waals surface area contributed by atoms with Crippen molar-refractivity contribution < 1.29 is 23.5 Å². The number of halogens is 1. The summed E-state index contributed by atoms with van der Waals surface area (Å²) in [6.45, 7) is 1.49. The van der Waals surface area contributed by atoms with E-state index in [4.69, 9.17) is 0 Å². The Labute approximate surface area is 161 Å². The maximum atomic E-state index is 12.9. The van der Waals surface area contributed by atoms with Crippen LogP contribution in [0.1, 0.15) is 20.7 Å². The summed E-state index contributed by atoms with van der Waals surface area (Å²) in [6, 6.07) is 11.6. The number of methoxy groups -OCH3 is 1. The number of rotatable bonds is 3. The van der Waals surface area contributed by atoms with Crippen molar-refractivity contribution >= 4 is 23.6 Å². The lowest BCUT2D eigenvalue weighted by Crippen LogP contribution is -2.51.